The first kappa shape index (κ1) is 13.4. The van der Waals surface area contributed by atoms with Crippen LogP contribution in [0.1, 0.15) is 5.56 Å². The van der Waals surface area contributed by atoms with Gasteiger partial charge in [-0.2, -0.15) is 0 Å². The van der Waals surface area contributed by atoms with E-state index in [0.29, 0.717) is 19.1 Å². The summed E-state index contributed by atoms with van der Waals surface area (Å²) in [6, 6.07) is 7.62. The van der Waals surface area contributed by atoms with Gasteiger partial charge < -0.3 is 15.2 Å². The Morgan fingerprint density at radius 3 is 2.67 bits per heavy atom. The molecule has 2 aromatic rings. The molecular formula is C16H15N3O2. The number of nitrogens with two attached hydrogens (primary N) is 1. The van der Waals surface area contributed by atoms with Crippen LogP contribution in [0, 0.1) is 17.8 Å². The second-order valence-electron chi connectivity index (χ2n) is 4.72. The fraction of sp³-hybridized carbons (Fsp3) is 0.250. The number of benzene rings is 1. The van der Waals surface area contributed by atoms with Gasteiger partial charge in [-0.05, 0) is 24.3 Å². The molecule has 21 heavy (non-hydrogen) atoms. The fourth-order valence-corrected chi connectivity index (χ4v) is 1.95. The van der Waals surface area contributed by atoms with E-state index in [1.807, 2.05) is 24.3 Å². The van der Waals surface area contributed by atoms with Crippen LogP contribution in [0.4, 0.5) is 5.95 Å². The van der Waals surface area contributed by atoms with Gasteiger partial charge in [-0.25, -0.2) is 9.97 Å². The van der Waals surface area contributed by atoms with E-state index >= 15 is 0 Å². The molecule has 0 saturated carbocycles. The quantitative estimate of drug-likeness (QED) is 0.849. The number of nitrogens with zero attached hydrogens (tertiary/aromatic N) is 2. The van der Waals surface area contributed by atoms with E-state index in [2.05, 4.69) is 21.8 Å². The number of hydrogen-bond donors (Lipinski definition) is 1. The van der Waals surface area contributed by atoms with Crippen molar-refractivity contribution in [2.75, 3.05) is 26.1 Å². The standard InChI is InChI=1S/C16H15N3O2/c1-20-14-6-4-12(5-7-14)15-13(8-18-16(17)19-15)3-2-11-9-21-10-11/h4-8,11H,9-10H2,1H3,(H2,17,18,19). The van der Waals surface area contributed by atoms with Gasteiger partial charge in [0.2, 0.25) is 5.95 Å². The van der Waals surface area contributed by atoms with Crippen LogP contribution in [0.5, 0.6) is 5.75 Å². The van der Waals surface area contributed by atoms with Gasteiger partial charge in [0.25, 0.3) is 0 Å². The molecular weight excluding hydrogens is 266 g/mol. The van der Waals surface area contributed by atoms with Gasteiger partial charge in [-0.1, -0.05) is 11.8 Å². The number of anilines is 1. The zero-order valence-corrected chi connectivity index (χ0v) is 11.7. The molecule has 0 radical (unpaired) electrons. The number of methoxy groups -OCH3 is 1. The maximum Gasteiger partial charge on any atom is 0.220 e. The van der Waals surface area contributed by atoms with Gasteiger partial charge in [0.1, 0.15) is 5.75 Å². The molecule has 5 nitrogen and oxygen atoms in total. The highest BCUT2D eigenvalue weighted by atomic mass is 16.5. The summed E-state index contributed by atoms with van der Waals surface area (Å²) >= 11 is 0. The van der Waals surface area contributed by atoms with Crippen LogP contribution < -0.4 is 10.5 Å². The molecule has 1 aromatic carbocycles. The normalized spacial score (nSPS) is 14.0. The van der Waals surface area contributed by atoms with Crippen LogP contribution in [-0.4, -0.2) is 30.3 Å². The molecule has 0 spiro atoms. The van der Waals surface area contributed by atoms with Crippen molar-refractivity contribution in [2.45, 2.75) is 0 Å². The second-order valence-corrected chi connectivity index (χ2v) is 4.72. The van der Waals surface area contributed by atoms with E-state index in [-0.39, 0.29) is 5.95 Å². The van der Waals surface area contributed by atoms with Crippen molar-refractivity contribution in [1.82, 2.24) is 9.97 Å². The minimum Gasteiger partial charge on any atom is -0.497 e. The molecule has 0 bridgehead atoms. The number of nitrogen functional groups attached to an aromatic ring is 1. The summed E-state index contributed by atoms with van der Waals surface area (Å²) in [7, 11) is 1.63. The number of aromatic nitrogens is 2. The zero-order chi connectivity index (χ0) is 14.7. The van der Waals surface area contributed by atoms with Crippen molar-refractivity contribution in [3.63, 3.8) is 0 Å². The highest BCUT2D eigenvalue weighted by Gasteiger charge is 2.15. The molecule has 2 heterocycles. The summed E-state index contributed by atoms with van der Waals surface area (Å²) in [6.45, 7) is 1.39. The summed E-state index contributed by atoms with van der Waals surface area (Å²) < 4.78 is 10.3. The van der Waals surface area contributed by atoms with E-state index in [9.17, 15) is 0 Å². The smallest absolute Gasteiger partial charge is 0.220 e. The lowest BCUT2D eigenvalue weighted by molar-refractivity contribution is -0.00300. The predicted molar refractivity (Wildman–Crippen MR) is 79.6 cm³/mol. The Labute approximate surface area is 123 Å². The Kier molecular flexibility index (Phi) is 3.71. The monoisotopic (exact) mass is 281 g/mol. The van der Waals surface area contributed by atoms with Crippen LogP contribution in [0.25, 0.3) is 11.3 Å². The van der Waals surface area contributed by atoms with Gasteiger partial charge in [0.15, 0.2) is 0 Å². The SMILES string of the molecule is COc1ccc(-c2nc(N)ncc2C#CC2COC2)cc1. The van der Waals surface area contributed by atoms with Crippen molar-refractivity contribution < 1.29 is 9.47 Å². The minimum atomic E-state index is 0.235. The Hall–Kier alpha value is -2.58. The third kappa shape index (κ3) is 2.96. The van der Waals surface area contributed by atoms with Crippen molar-refractivity contribution in [2.24, 2.45) is 5.92 Å². The Bertz CT molecular complexity index is 698. The first-order valence-corrected chi connectivity index (χ1v) is 6.62. The van der Waals surface area contributed by atoms with Crippen LogP contribution >= 0.6 is 0 Å². The third-order valence-electron chi connectivity index (χ3n) is 3.22. The Morgan fingerprint density at radius 1 is 1.29 bits per heavy atom. The molecule has 106 valence electrons. The maximum absolute atomic E-state index is 5.70. The largest absolute Gasteiger partial charge is 0.497 e. The van der Waals surface area contributed by atoms with Crippen molar-refractivity contribution >= 4 is 5.95 Å². The molecule has 1 saturated heterocycles. The molecule has 1 aromatic heterocycles. The average molecular weight is 281 g/mol. The fourth-order valence-electron chi connectivity index (χ4n) is 1.95. The van der Waals surface area contributed by atoms with Crippen LogP contribution in [0.3, 0.4) is 0 Å². The van der Waals surface area contributed by atoms with E-state index in [0.717, 1.165) is 22.6 Å². The molecule has 1 aliphatic heterocycles. The summed E-state index contributed by atoms with van der Waals surface area (Å²) in [5.41, 5.74) is 8.13. The summed E-state index contributed by atoms with van der Waals surface area (Å²) in [4.78, 5) is 8.34. The van der Waals surface area contributed by atoms with Crippen LogP contribution in [-0.2, 0) is 4.74 Å². The van der Waals surface area contributed by atoms with Crippen LogP contribution in [0.15, 0.2) is 30.5 Å². The van der Waals surface area contributed by atoms with E-state index < -0.39 is 0 Å². The first-order valence-electron chi connectivity index (χ1n) is 6.62. The lowest BCUT2D eigenvalue weighted by Crippen LogP contribution is -2.25. The molecule has 0 aliphatic carbocycles. The summed E-state index contributed by atoms with van der Waals surface area (Å²) in [6.07, 6.45) is 1.66. The summed E-state index contributed by atoms with van der Waals surface area (Å²) in [5.74, 6) is 7.62. The molecule has 2 N–H and O–H groups in total. The highest BCUT2D eigenvalue weighted by Crippen LogP contribution is 2.24. The molecule has 1 aliphatic rings. The van der Waals surface area contributed by atoms with Gasteiger partial charge in [0, 0.05) is 11.8 Å². The molecule has 0 amide bonds. The number of hydrogen-bond acceptors (Lipinski definition) is 5. The van der Waals surface area contributed by atoms with Gasteiger partial charge in [-0.3, -0.25) is 0 Å². The average Bonchev–Trinajstić information content (AvgIpc) is 2.47. The Balaban J connectivity index is 1.97. The maximum atomic E-state index is 5.70. The molecule has 0 atom stereocenters. The van der Waals surface area contributed by atoms with Gasteiger partial charge in [0.05, 0.1) is 37.5 Å². The van der Waals surface area contributed by atoms with Crippen molar-refractivity contribution in [1.29, 1.82) is 0 Å². The van der Waals surface area contributed by atoms with Crippen molar-refractivity contribution in [3.8, 4) is 28.8 Å². The van der Waals surface area contributed by atoms with E-state index in [1.54, 1.807) is 13.3 Å². The second kappa shape index (κ2) is 5.81. The van der Waals surface area contributed by atoms with Crippen molar-refractivity contribution in [3.05, 3.63) is 36.0 Å². The molecule has 0 unspecified atom stereocenters. The topological polar surface area (TPSA) is 70.3 Å². The zero-order valence-electron chi connectivity index (χ0n) is 11.7. The number of ether oxygens (including phenoxy) is 2. The van der Waals surface area contributed by atoms with E-state index in [1.165, 1.54) is 0 Å². The summed E-state index contributed by atoms with van der Waals surface area (Å²) in [5, 5.41) is 0. The van der Waals surface area contributed by atoms with Crippen LogP contribution in [0.2, 0.25) is 0 Å². The highest BCUT2D eigenvalue weighted by molar-refractivity contribution is 5.68. The molecule has 1 fully saturated rings. The third-order valence-corrected chi connectivity index (χ3v) is 3.22. The molecule has 3 rings (SSSR count). The van der Waals surface area contributed by atoms with Gasteiger partial charge >= 0.3 is 0 Å². The molecule has 5 heteroatoms. The minimum absolute atomic E-state index is 0.235. The Morgan fingerprint density at radius 2 is 2.05 bits per heavy atom. The van der Waals surface area contributed by atoms with E-state index in [4.69, 9.17) is 15.2 Å². The number of rotatable bonds is 2. The van der Waals surface area contributed by atoms with Gasteiger partial charge in [-0.15, -0.1) is 0 Å². The predicted octanol–water partition coefficient (Wildman–Crippen LogP) is 1.73. The first-order chi connectivity index (χ1) is 10.3. The lowest BCUT2D eigenvalue weighted by Gasteiger charge is -2.20. The lowest BCUT2D eigenvalue weighted by atomic mass is 10.1.